The van der Waals surface area contributed by atoms with Gasteiger partial charge in [0.1, 0.15) is 0 Å². The number of hydrogen-bond donors (Lipinski definition) is 3. The summed E-state index contributed by atoms with van der Waals surface area (Å²) < 4.78 is 0. The molecule has 106 valence electrons. The lowest BCUT2D eigenvalue weighted by Gasteiger charge is -2.13. The zero-order chi connectivity index (χ0) is 15.4. The molecule has 0 atom stereocenters. The van der Waals surface area contributed by atoms with Gasteiger partial charge in [-0.2, -0.15) is 5.26 Å². The van der Waals surface area contributed by atoms with E-state index in [4.69, 9.17) is 28.3 Å². The third-order valence-electron chi connectivity index (χ3n) is 2.90. The molecule has 1 amide bonds. The van der Waals surface area contributed by atoms with Crippen LogP contribution in [0.5, 0.6) is 0 Å². The molecule has 21 heavy (non-hydrogen) atoms. The molecule has 0 aliphatic carbocycles. The summed E-state index contributed by atoms with van der Waals surface area (Å²) in [7, 11) is 0. The van der Waals surface area contributed by atoms with Crippen molar-refractivity contribution < 1.29 is 4.79 Å². The first-order valence-corrected chi connectivity index (χ1v) is 6.51. The maximum absolute atomic E-state index is 11.5. The van der Waals surface area contributed by atoms with Crippen LogP contribution in [-0.2, 0) is 6.54 Å². The quantitative estimate of drug-likeness (QED) is 0.754. The number of amides is 1. The number of rotatable bonds is 4. The summed E-state index contributed by atoms with van der Waals surface area (Å²) in [6, 6.07) is 12.2. The number of carbonyl (C=O) groups excluding carboxylic acids is 1. The van der Waals surface area contributed by atoms with Gasteiger partial charge in [0.05, 0.1) is 27.9 Å². The first-order valence-electron chi connectivity index (χ1n) is 6.13. The van der Waals surface area contributed by atoms with Gasteiger partial charge in [0.15, 0.2) is 0 Å². The maximum Gasteiger partial charge on any atom is 0.250 e. The van der Waals surface area contributed by atoms with Crippen molar-refractivity contribution in [3.63, 3.8) is 0 Å². The fourth-order valence-electron chi connectivity index (χ4n) is 1.94. The van der Waals surface area contributed by atoms with E-state index in [1.165, 1.54) is 6.07 Å². The van der Waals surface area contributed by atoms with E-state index < -0.39 is 5.91 Å². The number of benzene rings is 2. The summed E-state index contributed by atoms with van der Waals surface area (Å²) in [4.78, 5) is 11.5. The van der Waals surface area contributed by atoms with Crippen molar-refractivity contribution in [2.45, 2.75) is 6.54 Å². The number of hydrogen-bond acceptors (Lipinski definition) is 4. The van der Waals surface area contributed by atoms with Crippen LogP contribution in [0.15, 0.2) is 36.4 Å². The van der Waals surface area contributed by atoms with Crippen LogP contribution in [0.2, 0.25) is 5.02 Å². The average Bonchev–Trinajstić information content (AvgIpc) is 2.45. The fourth-order valence-corrected chi connectivity index (χ4v) is 2.24. The molecule has 2 aromatic rings. The summed E-state index contributed by atoms with van der Waals surface area (Å²) in [6.07, 6.45) is 0. The Balaban J connectivity index is 2.27. The van der Waals surface area contributed by atoms with Crippen molar-refractivity contribution in [3.8, 4) is 6.07 Å². The predicted molar refractivity (Wildman–Crippen MR) is 82.9 cm³/mol. The molecule has 0 bridgehead atoms. The zero-order valence-corrected chi connectivity index (χ0v) is 11.8. The molecule has 5 N–H and O–H groups in total. The SMILES string of the molecule is N#Cc1cccc(CNc2c(Cl)cc(N)cc2C(N)=O)c1. The molecule has 0 aromatic heterocycles. The molecular weight excluding hydrogens is 288 g/mol. The van der Waals surface area contributed by atoms with Gasteiger partial charge in [0.25, 0.3) is 5.91 Å². The molecule has 0 aliphatic rings. The maximum atomic E-state index is 11.5. The summed E-state index contributed by atoms with van der Waals surface area (Å²) >= 11 is 6.10. The molecule has 6 heteroatoms. The van der Waals surface area contributed by atoms with Crippen LogP contribution < -0.4 is 16.8 Å². The molecule has 0 heterocycles. The molecular formula is C15H13ClN4O. The Kier molecular flexibility index (Phi) is 4.31. The number of anilines is 2. The van der Waals surface area contributed by atoms with E-state index in [0.29, 0.717) is 28.5 Å². The van der Waals surface area contributed by atoms with Crippen molar-refractivity contribution in [1.29, 1.82) is 5.26 Å². The standard InChI is InChI=1S/C15H13ClN4O/c16-13-6-11(18)5-12(15(19)21)14(13)20-8-10-3-1-2-9(4-10)7-17/h1-6,20H,8,18H2,(H2,19,21). The van der Waals surface area contributed by atoms with Crippen LogP contribution in [0.1, 0.15) is 21.5 Å². The topological polar surface area (TPSA) is 105 Å². The third kappa shape index (κ3) is 3.44. The molecule has 0 unspecified atom stereocenters. The molecule has 0 fully saturated rings. The summed E-state index contributed by atoms with van der Waals surface area (Å²) in [5.41, 5.74) is 13.5. The number of nitrogens with one attached hydrogen (secondary N) is 1. The van der Waals surface area contributed by atoms with Crippen molar-refractivity contribution in [3.05, 3.63) is 58.1 Å². The Labute approximate surface area is 127 Å². The lowest BCUT2D eigenvalue weighted by Crippen LogP contribution is -2.15. The van der Waals surface area contributed by atoms with Gasteiger partial charge in [-0.05, 0) is 29.8 Å². The number of carbonyl (C=O) groups is 1. The van der Waals surface area contributed by atoms with Crippen LogP contribution in [0.4, 0.5) is 11.4 Å². The molecule has 0 aliphatic heterocycles. The molecule has 0 saturated heterocycles. The van der Waals surface area contributed by atoms with E-state index in [2.05, 4.69) is 11.4 Å². The van der Waals surface area contributed by atoms with E-state index >= 15 is 0 Å². The highest BCUT2D eigenvalue weighted by Gasteiger charge is 2.13. The van der Waals surface area contributed by atoms with Crippen molar-refractivity contribution in [2.24, 2.45) is 5.73 Å². The van der Waals surface area contributed by atoms with Gasteiger partial charge in [-0.25, -0.2) is 0 Å². The van der Waals surface area contributed by atoms with Gasteiger partial charge in [-0.1, -0.05) is 23.7 Å². The van der Waals surface area contributed by atoms with E-state index in [0.717, 1.165) is 5.56 Å². The van der Waals surface area contributed by atoms with Gasteiger partial charge in [0.2, 0.25) is 0 Å². The van der Waals surface area contributed by atoms with Gasteiger partial charge < -0.3 is 16.8 Å². The Morgan fingerprint density at radius 1 is 1.33 bits per heavy atom. The number of nitrogens with zero attached hydrogens (tertiary/aromatic N) is 1. The smallest absolute Gasteiger partial charge is 0.250 e. The number of nitriles is 1. The lowest BCUT2D eigenvalue weighted by atomic mass is 10.1. The fraction of sp³-hybridized carbons (Fsp3) is 0.0667. The first-order chi connectivity index (χ1) is 10.0. The predicted octanol–water partition coefficient (Wildman–Crippen LogP) is 2.50. The minimum absolute atomic E-state index is 0.233. The highest BCUT2D eigenvalue weighted by atomic mass is 35.5. The monoisotopic (exact) mass is 300 g/mol. The van der Waals surface area contributed by atoms with E-state index in [9.17, 15) is 4.79 Å². The molecule has 2 aromatic carbocycles. The molecule has 0 saturated carbocycles. The van der Waals surface area contributed by atoms with Crippen LogP contribution >= 0.6 is 11.6 Å². The second-order valence-electron chi connectivity index (χ2n) is 4.46. The largest absolute Gasteiger partial charge is 0.399 e. The molecule has 0 spiro atoms. The lowest BCUT2D eigenvalue weighted by molar-refractivity contribution is 0.100. The average molecular weight is 301 g/mol. The number of nitrogens with two attached hydrogens (primary N) is 2. The van der Waals surface area contributed by atoms with Crippen molar-refractivity contribution >= 4 is 28.9 Å². The van der Waals surface area contributed by atoms with Gasteiger partial charge in [-0.15, -0.1) is 0 Å². The minimum Gasteiger partial charge on any atom is -0.399 e. The Bertz CT molecular complexity index is 737. The highest BCUT2D eigenvalue weighted by Crippen LogP contribution is 2.29. The van der Waals surface area contributed by atoms with Crippen LogP contribution in [-0.4, -0.2) is 5.91 Å². The van der Waals surface area contributed by atoms with Crippen LogP contribution in [0.25, 0.3) is 0 Å². The van der Waals surface area contributed by atoms with Crippen LogP contribution in [0.3, 0.4) is 0 Å². The second-order valence-corrected chi connectivity index (χ2v) is 4.86. The first kappa shape index (κ1) is 14.7. The minimum atomic E-state index is -0.613. The van der Waals surface area contributed by atoms with Gasteiger partial charge >= 0.3 is 0 Å². The number of primary amides is 1. The Morgan fingerprint density at radius 2 is 2.10 bits per heavy atom. The van der Waals surface area contributed by atoms with Crippen molar-refractivity contribution in [1.82, 2.24) is 0 Å². The molecule has 2 rings (SSSR count). The third-order valence-corrected chi connectivity index (χ3v) is 3.20. The van der Waals surface area contributed by atoms with Crippen LogP contribution in [0, 0.1) is 11.3 Å². The Hall–Kier alpha value is -2.71. The molecule has 5 nitrogen and oxygen atoms in total. The summed E-state index contributed by atoms with van der Waals surface area (Å²) in [5, 5.41) is 12.3. The zero-order valence-electron chi connectivity index (χ0n) is 11.1. The van der Waals surface area contributed by atoms with Gasteiger partial charge in [0, 0.05) is 12.2 Å². The normalized spacial score (nSPS) is 9.90. The number of nitrogen functional groups attached to an aromatic ring is 1. The number of halogens is 1. The van der Waals surface area contributed by atoms with Crippen molar-refractivity contribution in [2.75, 3.05) is 11.1 Å². The van der Waals surface area contributed by atoms with E-state index in [-0.39, 0.29) is 5.56 Å². The summed E-state index contributed by atoms with van der Waals surface area (Å²) in [5.74, 6) is -0.613. The summed E-state index contributed by atoms with van der Waals surface area (Å²) in [6.45, 7) is 0.402. The highest BCUT2D eigenvalue weighted by molar-refractivity contribution is 6.34. The van der Waals surface area contributed by atoms with E-state index in [1.54, 1.807) is 24.3 Å². The molecule has 0 radical (unpaired) electrons. The Morgan fingerprint density at radius 3 is 2.76 bits per heavy atom. The second kappa shape index (κ2) is 6.16. The van der Waals surface area contributed by atoms with E-state index in [1.807, 2.05) is 6.07 Å². The van der Waals surface area contributed by atoms with Gasteiger partial charge in [-0.3, -0.25) is 4.79 Å².